The van der Waals surface area contributed by atoms with E-state index in [1.54, 1.807) is 60.7 Å². The summed E-state index contributed by atoms with van der Waals surface area (Å²) in [5, 5.41) is 8.77. The van der Waals surface area contributed by atoms with Crippen molar-refractivity contribution >= 4 is 26.2 Å². The van der Waals surface area contributed by atoms with Crippen molar-refractivity contribution < 1.29 is 15.4 Å². The van der Waals surface area contributed by atoms with Crippen molar-refractivity contribution in [1.29, 1.82) is 0 Å². The molecule has 0 aromatic heterocycles. The third-order valence-electron chi connectivity index (χ3n) is 2.24. The van der Waals surface area contributed by atoms with Gasteiger partial charge in [-0.3, -0.25) is 0 Å². The minimum absolute atomic E-state index is 0.410. The third kappa shape index (κ3) is 2.82. The molecule has 0 aliphatic rings. The van der Waals surface area contributed by atoms with Crippen molar-refractivity contribution in [3.63, 3.8) is 0 Å². The summed E-state index contributed by atoms with van der Waals surface area (Å²) in [7, 11) is -2.56. The van der Waals surface area contributed by atoms with E-state index in [2.05, 4.69) is 0 Å². The van der Waals surface area contributed by atoms with E-state index in [1.165, 1.54) is 0 Å². The molecular formula is C12H11BFIO3. The van der Waals surface area contributed by atoms with Crippen LogP contribution in [0.1, 0.15) is 0 Å². The zero-order valence-electron chi connectivity index (χ0n) is 9.37. The summed E-state index contributed by atoms with van der Waals surface area (Å²) >= 11 is -4.43. The van der Waals surface area contributed by atoms with E-state index in [4.69, 9.17) is 8.01 Å². The van der Waals surface area contributed by atoms with Crippen LogP contribution in [0.15, 0.2) is 60.7 Å². The summed E-state index contributed by atoms with van der Waals surface area (Å²) in [6, 6.07) is 16.8. The zero-order valence-corrected chi connectivity index (χ0v) is 11.5. The van der Waals surface area contributed by atoms with Crippen molar-refractivity contribution in [3.8, 4) is 0 Å². The maximum atomic E-state index is 12.9. The summed E-state index contributed by atoms with van der Waals surface area (Å²) in [6.45, 7) is 0. The molecule has 6 heteroatoms. The van der Waals surface area contributed by atoms with Crippen molar-refractivity contribution in [2.75, 3.05) is 0 Å². The molecular weight excluding hydrogens is 349 g/mol. The molecule has 0 aliphatic heterocycles. The van der Waals surface area contributed by atoms with Gasteiger partial charge in [-0.05, 0) is 0 Å². The Morgan fingerprint density at radius 2 is 1.33 bits per heavy atom. The van der Waals surface area contributed by atoms with E-state index in [-0.39, 0.29) is 0 Å². The van der Waals surface area contributed by atoms with Gasteiger partial charge in [-0.15, -0.1) is 0 Å². The fourth-order valence-corrected chi connectivity index (χ4v) is 6.11. The summed E-state index contributed by atoms with van der Waals surface area (Å²) in [6.07, 6.45) is 0. The molecule has 2 aromatic rings. The molecule has 0 bridgehead atoms. The van der Waals surface area contributed by atoms with Crippen LogP contribution in [0.25, 0.3) is 0 Å². The van der Waals surface area contributed by atoms with Crippen LogP contribution in [-0.4, -0.2) is 12.4 Å². The van der Waals surface area contributed by atoms with Gasteiger partial charge >= 0.3 is 109 Å². The van der Waals surface area contributed by atoms with Crippen molar-refractivity contribution in [2.24, 2.45) is 0 Å². The van der Waals surface area contributed by atoms with Crippen molar-refractivity contribution in [1.82, 2.24) is 0 Å². The Balaban J connectivity index is 2.52. The topological polar surface area (TPSA) is 46.5 Å². The monoisotopic (exact) mass is 360 g/mol. The maximum absolute atomic E-state index is 12.9. The Hall–Kier alpha value is -1.12. The molecule has 0 atom stereocenters. The van der Waals surface area contributed by atoms with Crippen LogP contribution in [-0.2, 0) is 6.05 Å². The Morgan fingerprint density at radius 1 is 0.944 bits per heavy atom. The van der Waals surface area contributed by atoms with Gasteiger partial charge in [-0.1, -0.05) is 0 Å². The first-order chi connectivity index (χ1) is 8.63. The molecule has 18 heavy (non-hydrogen) atoms. The molecule has 0 radical (unpaired) electrons. The van der Waals surface area contributed by atoms with Gasteiger partial charge in [-0.2, -0.15) is 0 Å². The Labute approximate surface area is 109 Å². The SMILES string of the molecule is O=I(OB(O)F)(c1ccccc1)c1ccccc1. The van der Waals surface area contributed by atoms with Crippen molar-refractivity contribution in [3.05, 3.63) is 67.8 Å². The van der Waals surface area contributed by atoms with Gasteiger partial charge in [0.05, 0.1) is 0 Å². The molecule has 2 aromatic carbocycles. The first-order valence-electron chi connectivity index (χ1n) is 5.22. The van der Waals surface area contributed by atoms with Gasteiger partial charge in [0, 0.05) is 0 Å². The Kier molecular flexibility index (Phi) is 4.21. The summed E-state index contributed by atoms with van der Waals surface area (Å²) in [4.78, 5) is 0. The summed E-state index contributed by atoms with van der Waals surface area (Å²) in [5.74, 6) is 0. The molecule has 0 saturated heterocycles. The van der Waals surface area contributed by atoms with Crippen LogP contribution in [0.3, 0.4) is 0 Å². The molecule has 0 aliphatic carbocycles. The van der Waals surface area contributed by atoms with Gasteiger partial charge in [0.25, 0.3) is 0 Å². The van der Waals surface area contributed by atoms with Gasteiger partial charge in [0.15, 0.2) is 0 Å². The van der Waals surface area contributed by atoms with Gasteiger partial charge < -0.3 is 0 Å². The number of benzene rings is 2. The second kappa shape index (κ2) is 5.68. The second-order valence-corrected chi connectivity index (χ2v) is 9.10. The van der Waals surface area contributed by atoms with Crippen LogP contribution in [0.2, 0.25) is 0 Å². The zero-order chi connectivity index (χ0) is 13.0. The number of hydrogen-bond donors (Lipinski definition) is 1. The average molecular weight is 360 g/mol. The number of rotatable bonds is 4. The molecule has 2 rings (SSSR count). The van der Waals surface area contributed by atoms with Crippen LogP contribution >= 0.6 is 18.8 Å². The Bertz CT molecular complexity index is 504. The van der Waals surface area contributed by atoms with Gasteiger partial charge in [-0.25, -0.2) is 0 Å². The predicted octanol–water partition coefficient (Wildman–Crippen LogP) is 2.99. The molecule has 0 saturated carbocycles. The second-order valence-electron chi connectivity index (χ2n) is 3.44. The standard InChI is InChI=1S/C12H11BFIO3/c14-13(16)18-15(17,11-7-3-1-4-8-11)12-9-5-2-6-10-12/h1-10,16H. The third-order valence-corrected chi connectivity index (χ3v) is 8.09. The quantitative estimate of drug-likeness (QED) is 0.674. The molecule has 0 fully saturated rings. The first-order valence-corrected chi connectivity index (χ1v) is 9.14. The normalized spacial score (nSPS) is 12.1. The van der Waals surface area contributed by atoms with E-state index in [1.807, 2.05) is 0 Å². The van der Waals surface area contributed by atoms with Gasteiger partial charge in [0.2, 0.25) is 0 Å². The van der Waals surface area contributed by atoms with E-state index in [0.29, 0.717) is 7.14 Å². The first kappa shape index (κ1) is 13.3. The van der Waals surface area contributed by atoms with E-state index in [9.17, 15) is 7.38 Å². The molecule has 0 heterocycles. The van der Waals surface area contributed by atoms with Gasteiger partial charge in [0.1, 0.15) is 0 Å². The number of hydrogen-bond acceptors (Lipinski definition) is 3. The predicted molar refractivity (Wildman–Crippen MR) is 75.2 cm³/mol. The summed E-state index contributed by atoms with van der Waals surface area (Å²) < 4.78 is 31.2. The van der Waals surface area contributed by atoms with Crippen LogP contribution < -0.4 is 0 Å². The minimum atomic E-state index is -4.43. The van der Waals surface area contributed by atoms with Crippen LogP contribution in [0.4, 0.5) is 4.32 Å². The van der Waals surface area contributed by atoms with Crippen LogP contribution in [0, 0.1) is 7.14 Å². The molecule has 0 amide bonds. The van der Waals surface area contributed by atoms with E-state index < -0.39 is 26.2 Å². The molecule has 0 spiro atoms. The molecule has 3 nitrogen and oxygen atoms in total. The molecule has 94 valence electrons. The van der Waals surface area contributed by atoms with E-state index >= 15 is 0 Å². The molecule has 0 unspecified atom stereocenters. The number of halogens is 2. The van der Waals surface area contributed by atoms with Crippen LogP contribution in [0.5, 0.6) is 0 Å². The van der Waals surface area contributed by atoms with E-state index in [0.717, 1.165) is 0 Å². The van der Waals surface area contributed by atoms with Crippen molar-refractivity contribution in [2.45, 2.75) is 0 Å². The molecule has 1 N–H and O–H groups in total. The Morgan fingerprint density at radius 3 is 1.67 bits per heavy atom. The summed E-state index contributed by atoms with van der Waals surface area (Å²) in [5.41, 5.74) is 0. The fourth-order valence-electron chi connectivity index (χ4n) is 1.49. The average Bonchev–Trinajstić information content (AvgIpc) is 2.40. The fraction of sp³-hybridized carbons (Fsp3) is 0.